The maximum absolute atomic E-state index is 14.3. The van der Waals surface area contributed by atoms with Crippen molar-refractivity contribution >= 4 is 50.7 Å². The average Bonchev–Trinajstić information content (AvgIpc) is 3.00. The lowest BCUT2D eigenvalue weighted by molar-refractivity contribution is -0.140. The Morgan fingerprint density at radius 2 is 1.42 bits per heavy atom. The van der Waals surface area contributed by atoms with E-state index in [0.717, 1.165) is 34.1 Å². The number of rotatable bonds is 12. The van der Waals surface area contributed by atoms with Crippen molar-refractivity contribution in [1.82, 2.24) is 10.2 Å². The second-order valence-electron chi connectivity index (χ2n) is 9.62. The maximum atomic E-state index is 14.3. The number of halogens is 3. The second-order valence-corrected chi connectivity index (χ2v) is 12.3. The molecule has 2 amide bonds. The van der Waals surface area contributed by atoms with Crippen LogP contribution in [0.25, 0.3) is 0 Å². The predicted molar refractivity (Wildman–Crippen MR) is 167 cm³/mol. The van der Waals surface area contributed by atoms with E-state index in [2.05, 4.69) is 5.32 Å². The van der Waals surface area contributed by atoms with Crippen molar-refractivity contribution in [2.75, 3.05) is 17.4 Å². The predicted octanol–water partition coefficient (Wildman–Crippen LogP) is 6.10. The van der Waals surface area contributed by atoms with Crippen molar-refractivity contribution in [3.05, 3.63) is 130 Å². The number of sulfonamides is 1. The van der Waals surface area contributed by atoms with E-state index >= 15 is 0 Å². The van der Waals surface area contributed by atoms with Gasteiger partial charge in [-0.2, -0.15) is 0 Å². The van der Waals surface area contributed by atoms with Crippen LogP contribution < -0.4 is 9.62 Å². The van der Waals surface area contributed by atoms with Gasteiger partial charge in [0.2, 0.25) is 11.8 Å². The van der Waals surface area contributed by atoms with Gasteiger partial charge in [-0.25, -0.2) is 12.8 Å². The van der Waals surface area contributed by atoms with Gasteiger partial charge >= 0.3 is 0 Å². The van der Waals surface area contributed by atoms with Crippen molar-refractivity contribution in [1.29, 1.82) is 0 Å². The summed E-state index contributed by atoms with van der Waals surface area (Å²) in [5.74, 6) is -1.69. The van der Waals surface area contributed by atoms with Crippen molar-refractivity contribution < 1.29 is 22.4 Å². The monoisotopic (exact) mass is 641 g/mol. The first-order valence-corrected chi connectivity index (χ1v) is 15.7. The largest absolute Gasteiger partial charge is 0.355 e. The SMILES string of the molecule is CCNC(=O)C(Cc1ccccc1)N(Cc1c(Cl)cccc1Cl)C(=O)CN(c1ccccc1)S(=O)(=O)c1ccc(F)cc1. The van der Waals surface area contributed by atoms with Gasteiger partial charge in [0, 0.05) is 35.1 Å². The molecule has 1 N–H and O–H groups in total. The molecule has 0 saturated carbocycles. The highest BCUT2D eigenvalue weighted by molar-refractivity contribution is 7.92. The fourth-order valence-electron chi connectivity index (χ4n) is 4.56. The molecule has 0 aromatic heterocycles. The molecule has 0 aliphatic carbocycles. The van der Waals surface area contributed by atoms with E-state index < -0.39 is 40.2 Å². The van der Waals surface area contributed by atoms with Crippen LogP contribution >= 0.6 is 23.2 Å². The highest BCUT2D eigenvalue weighted by Gasteiger charge is 2.35. The lowest BCUT2D eigenvalue weighted by atomic mass is 10.0. The van der Waals surface area contributed by atoms with Gasteiger partial charge in [-0.3, -0.25) is 13.9 Å². The van der Waals surface area contributed by atoms with Crippen LogP contribution in [0.5, 0.6) is 0 Å². The summed E-state index contributed by atoms with van der Waals surface area (Å²) in [5, 5.41) is 3.38. The van der Waals surface area contributed by atoms with E-state index in [1.54, 1.807) is 55.5 Å². The summed E-state index contributed by atoms with van der Waals surface area (Å²) in [5.41, 5.74) is 1.42. The van der Waals surface area contributed by atoms with Gasteiger partial charge < -0.3 is 10.2 Å². The molecule has 224 valence electrons. The Bertz CT molecular complexity index is 1640. The van der Waals surface area contributed by atoms with Crippen molar-refractivity contribution in [3.63, 3.8) is 0 Å². The minimum Gasteiger partial charge on any atom is -0.355 e. The molecule has 0 radical (unpaired) electrons. The van der Waals surface area contributed by atoms with Gasteiger partial charge in [-0.05, 0) is 61.0 Å². The molecule has 11 heteroatoms. The second kappa shape index (κ2) is 14.5. The number of anilines is 1. The normalized spacial score (nSPS) is 11.9. The minimum absolute atomic E-state index is 0.149. The van der Waals surface area contributed by atoms with E-state index in [1.165, 1.54) is 4.90 Å². The molecule has 4 aromatic rings. The number of para-hydroxylation sites is 1. The molecule has 4 aromatic carbocycles. The molecule has 0 fully saturated rings. The highest BCUT2D eigenvalue weighted by atomic mass is 35.5. The molecule has 1 unspecified atom stereocenters. The Morgan fingerprint density at radius 1 is 0.837 bits per heavy atom. The maximum Gasteiger partial charge on any atom is 0.264 e. The molecule has 4 rings (SSSR count). The molecular formula is C32H30Cl2FN3O4S. The Morgan fingerprint density at radius 3 is 2.00 bits per heavy atom. The summed E-state index contributed by atoms with van der Waals surface area (Å²) < 4.78 is 42.4. The summed E-state index contributed by atoms with van der Waals surface area (Å²) in [6, 6.07) is 25.5. The topological polar surface area (TPSA) is 86.8 Å². The standard InChI is InChI=1S/C32H30Cl2FN3O4S/c1-2-36-32(40)30(20-23-10-5-3-6-11-23)37(21-27-28(33)14-9-15-29(27)34)31(39)22-38(25-12-7-4-8-13-25)43(41,42)26-18-16-24(35)17-19-26/h3-19,30H,2,20-22H2,1H3,(H,36,40). The molecule has 0 saturated heterocycles. The van der Waals surface area contributed by atoms with Gasteiger partial charge in [0.25, 0.3) is 10.0 Å². The number of nitrogens with zero attached hydrogens (tertiary/aromatic N) is 2. The smallest absolute Gasteiger partial charge is 0.264 e. The molecule has 43 heavy (non-hydrogen) atoms. The first-order chi connectivity index (χ1) is 20.6. The quantitative estimate of drug-likeness (QED) is 0.202. The summed E-state index contributed by atoms with van der Waals surface area (Å²) in [6.07, 6.45) is 0.149. The van der Waals surface area contributed by atoms with E-state index in [1.807, 2.05) is 30.3 Å². The van der Waals surface area contributed by atoms with Gasteiger partial charge in [0.1, 0.15) is 18.4 Å². The Labute approximate surface area is 260 Å². The van der Waals surface area contributed by atoms with Gasteiger partial charge in [-0.15, -0.1) is 0 Å². The molecular weight excluding hydrogens is 612 g/mol. The van der Waals surface area contributed by atoms with Crippen LogP contribution in [-0.2, 0) is 32.6 Å². The fraction of sp³-hybridized carbons (Fsp3) is 0.188. The molecule has 0 aliphatic heterocycles. The van der Waals surface area contributed by atoms with Crippen LogP contribution in [-0.4, -0.2) is 44.3 Å². The highest BCUT2D eigenvalue weighted by Crippen LogP contribution is 2.29. The van der Waals surface area contributed by atoms with Gasteiger partial charge in [0.05, 0.1) is 10.6 Å². The molecule has 0 heterocycles. The summed E-state index contributed by atoms with van der Waals surface area (Å²) in [7, 11) is -4.34. The molecule has 0 aliphatic rings. The lowest BCUT2D eigenvalue weighted by Gasteiger charge is -2.34. The van der Waals surface area contributed by atoms with Crippen molar-refractivity contribution in [2.45, 2.75) is 30.8 Å². The third kappa shape index (κ3) is 7.93. The number of likely N-dealkylation sites (N-methyl/N-ethyl adjacent to an activating group) is 1. The van der Waals surface area contributed by atoms with Crippen molar-refractivity contribution in [2.24, 2.45) is 0 Å². The number of hydrogen-bond acceptors (Lipinski definition) is 4. The minimum atomic E-state index is -4.34. The zero-order chi connectivity index (χ0) is 31.0. The lowest BCUT2D eigenvalue weighted by Crippen LogP contribution is -2.53. The Hall–Kier alpha value is -3.92. The zero-order valence-corrected chi connectivity index (χ0v) is 25.6. The number of hydrogen-bond donors (Lipinski definition) is 1. The number of nitrogens with one attached hydrogen (secondary N) is 1. The Kier molecular flexibility index (Phi) is 10.8. The summed E-state index contributed by atoms with van der Waals surface area (Å²) in [6.45, 7) is 1.26. The third-order valence-electron chi connectivity index (χ3n) is 6.74. The van der Waals surface area contributed by atoms with E-state index in [4.69, 9.17) is 23.2 Å². The number of carbonyl (C=O) groups excluding carboxylic acids is 2. The van der Waals surface area contributed by atoms with Crippen LogP contribution in [0.2, 0.25) is 10.0 Å². The van der Waals surface area contributed by atoms with E-state index in [-0.39, 0.29) is 23.5 Å². The molecule has 0 spiro atoms. The van der Waals surface area contributed by atoms with E-state index in [9.17, 15) is 22.4 Å². The molecule has 1 atom stereocenters. The first-order valence-electron chi connectivity index (χ1n) is 13.5. The summed E-state index contributed by atoms with van der Waals surface area (Å²) >= 11 is 13.0. The van der Waals surface area contributed by atoms with Crippen LogP contribution in [0.3, 0.4) is 0 Å². The number of benzene rings is 4. The van der Waals surface area contributed by atoms with Crippen molar-refractivity contribution in [3.8, 4) is 0 Å². The molecule has 0 bridgehead atoms. The van der Waals surface area contributed by atoms with Gasteiger partial charge in [0.15, 0.2) is 0 Å². The number of carbonyl (C=O) groups is 2. The van der Waals surface area contributed by atoms with Crippen LogP contribution in [0.15, 0.2) is 108 Å². The Balaban J connectivity index is 1.81. The van der Waals surface area contributed by atoms with Gasteiger partial charge in [-0.1, -0.05) is 77.8 Å². The summed E-state index contributed by atoms with van der Waals surface area (Å²) in [4.78, 5) is 28.9. The third-order valence-corrected chi connectivity index (χ3v) is 9.23. The van der Waals surface area contributed by atoms with Crippen LogP contribution in [0, 0.1) is 5.82 Å². The van der Waals surface area contributed by atoms with E-state index in [0.29, 0.717) is 22.2 Å². The molecule has 7 nitrogen and oxygen atoms in total. The average molecular weight is 643 g/mol. The van der Waals surface area contributed by atoms with Crippen LogP contribution in [0.1, 0.15) is 18.1 Å². The fourth-order valence-corrected chi connectivity index (χ4v) is 6.49. The zero-order valence-electron chi connectivity index (χ0n) is 23.3. The van der Waals surface area contributed by atoms with Crippen LogP contribution in [0.4, 0.5) is 10.1 Å². The number of amides is 2. The first kappa shape index (κ1) is 32.0.